The predicted molar refractivity (Wildman–Crippen MR) is 94.5 cm³/mol. The molecule has 0 fully saturated rings. The Morgan fingerprint density at radius 3 is 2.52 bits per heavy atom. The fraction of sp³-hybridized carbons (Fsp3) is 0.176. The first kappa shape index (κ1) is 18.1. The van der Waals surface area contributed by atoms with Gasteiger partial charge in [0.1, 0.15) is 0 Å². The van der Waals surface area contributed by atoms with Crippen molar-refractivity contribution in [3.8, 4) is 17.1 Å². The summed E-state index contributed by atoms with van der Waals surface area (Å²) in [4.78, 5) is 4.88. The Hall–Kier alpha value is -2.33. The van der Waals surface area contributed by atoms with E-state index in [1.165, 1.54) is 23.9 Å². The van der Waals surface area contributed by atoms with Crippen molar-refractivity contribution in [2.75, 3.05) is 6.26 Å². The van der Waals surface area contributed by atoms with Crippen LogP contribution >= 0.6 is 11.8 Å². The molecule has 27 heavy (non-hydrogen) atoms. The molecule has 0 saturated carbocycles. The van der Waals surface area contributed by atoms with Crippen molar-refractivity contribution in [1.29, 1.82) is 0 Å². The first-order valence-corrected chi connectivity index (χ1v) is 10.6. The molecule has 0 saturated heterocycles. The zero-order chi connectivity index (χ0) is 19.4. The average molecular weight is 411 g/mol. The first-order valence-electron chi connectivity index (χ1n) is 7.74. The lowest BCUT2D eigenvalue weighted by molar-refractivity contribution is -0.141. The minimum atomic E-state index is -4.60. The Kier molecular flexibility index (Phi) is 4.08. The van der Waals surface area contributed by atoms with Gasteiger partial charge in [0.25, 0.3) is 0 Å². The molecular weight excluding hydrogens is 399 g/mol. The number of halogens is 3. The van der Waals surface area contributed by atoms with Crippen LogP contribution in [0.4, 0.5) is 13.2 Å². The first-order chi connectivity index (χ1) is 12.7. The molecule has 140 valence electrons. The Morgan fingerprint density at radius 2 is 1.89 bits per heavy atom. The number of aromatic nitrogens is 3. The van der Waals surface area contributed by atoms with Crippen LogP contribution in [-0.2, 0) is 21.8 Å². The van der Waals surface area contributed by atoms with Gasteiger partial charge in [-0.3, -0.25) is 0 Å². The smallest absolute Gasteiger partial charge is 0.236 e. The summed E-state index contributed by atoms with van der Waals surface area (Å²) in [5, 5.41) is 3.79. The van der Waals surface area contributed by atoms with Gasteiger partial charge in [-0.1, -0.05) is 18.2 Å². The SMILES string of the molecule is CS(=O)(=O)c1ccc(-n2nc(C(F)(F)F)c3c2-c2ccccc2SC3)nc1. The van der Waals surface area contributed by atoms with Gasteiger partial charge < -0.3 is 0 Å². The number of sulfone groups is 1. The molecule has 0 aliphatic carbocycles. The third-order valence-corrected chi connectivity index (χ3v) is 6.33. The fourth-order valence-corrected chi connectivity index (χ4v) is 4.54. The number of alkyl halides is 3. The van der Waals surface area contributed by atoms with Crippen LogP contribution in [-0.4, -0.2) is 29.4 Å². The van der Waals surface area contributed by atoms with Crippen molar-refractivity contribution >= 4 is 21.6 Å². The zero-order valence-electron chi connectivity index (χ0n) is 13.9. The number of benzene rings is 1. The molecule has 3 heterocycles. The van der Waals surface area contributed by atoms with E-state index in [1.807, 2.05) is 12.1 Å². The molecule has 1 aromatic carbocycles. The summed E-state index contributed by atoms with van der Waals surface area (Å²) in [7, 11) is -3.46. The molecule has 5 nitrogen and oxygen atoms in total. The maximum atomic E-state index is 13.5. The largest absolute Gasteiger partial charge is 0.435 e. The van der Waals surface area contributed by atoms with Gasteiger partial charge in [0, 0.05) is 34.2 Å². The summed E-state index contributed by atoms with van der Waals surface area (Å²) >= 11 is 1.32. The van der Waals surface area contributed by atoms with Crippen LogP contribution in [0.1, 0.15) is 11.3 Å². The predicted octanol–water partition coefficient (Wildman–Crippen LogP) is 3.96. The van der Waals surface area contributed by atoms with Crippen LogP contribution in [0.2, 0.25) is 0 Å². The molecule has 0 atom stereocenters. The summed E-state index contributed by atoms with van der Waals surface area (Å²) in [5.74, 6) is 0.263. The summed E-state index contributed by atoms with van der Waals surface area (Å²) in [5.41, 5.74) is 0.116. The van der Waals surface area contributed by atoms with Crippen molar-refractivity contribution in [2.24, 2.45) is 0 Å². The van der Waals surface area contributed by atoms with E-state index in [0.717, 1.165) is 22.0 Å². The molecular formula is C17H12F3N3O2S2. The van der Waals surface area contributed by atoms with E-state index in [9.17, 15) is 21.6 Å². The van der Waals surface area contributed by atoms with Gasteiger partial charge in [0.15, 0.2) is 21.3 Å². The maximum Gasteiger partial charge on any atom is 0.435 e. The molecule has 4 rings (SSSR count). The lowest BCUT2D eigenvalue weighted by atomic mass is 10.1. The standard InChI is InChI=1S/C17H12F3N3O2S2/c1-27(24,25)10-6-7-14(21-8-10)23-15-11-4-2-3-5-13(11)26-9-12(15)16(22-23)17(18,19)20/h2-8H,9H2,1H3. The number of fused-ring (bicyclic) bond motifs is 3. The van der Waals surface area contributed by atoms with Gasteiger partial charge in [0.05, 0.1) is 10.6 Å². The third-order valence-electron chi connectivity index (χ3n) is 4.13. The average Bonchev–Trinajstić information content (AvgIpc) is 3.01. The molecule has 1 aliphatic heterocycles. The minimum Gasteiger partial charge on any atom is -0.236 e. The highest BCUT2D eigenvalue weighted by molar-refractivity contribution is 7.98. The van der Waals surface area contributed by atoms with Gasteiger partial charge in [-0.2, -0.15) is 18.3 Å². The molecule has 0 spiro atoms. The number of rotatable bonds is 2. The minimum absolute atomic E-state index is 0.0146. The number of hydrogen-bond donors (Lipinski definition) is 0. The number of thioether (sulfide) groups is 1. The van der Waals surface area contributed by atoms with Crippen LogP contribution in [0.5, 0.6) is 0 Å². The molecule has 0 unspecified atom stereocenters. The van der Waals surface area contributed by atoms with E-state index in [4.69, 9.17) is 0 Å². The van der Waals surface area contributed by atoms with Gasteiger partial charge in [0.2, 0.25) is 0 Å². The second-order valence-electron chi connectivity index (χ2n) is 5.99. The molecule has 0 bridgehead atoms. The monoisotopic (exact) mass is 411 g/mol. The Morgan fingerprint density at radius 1 is 1.15 bits per heavy atom. The molecule has 3 aromatic rings. The molecule has 1 aliphatic rings. The van der Waals surface area contributed by atoms with E-state index in [0.29, 0.717) is 11.3 Å². The highest BCUT2D eigenvalue weighted by Crippen LogP contribution is 2.46. The fourth-order valence-electron chi connectivity index (χ4n) is 2.91. The second-order valence-corrected chi connectivity index (χ2v) is 9.03. The second kappa shape index (κ2) is 6.10. The Balaban J connectivity index is 1.96. The van der Waals surface area contributed by atoms with E-state index < -0.39 is 21.7 Å². The van der Waals surface area contributed by atoms with E-state index in [-0.39, 0.29) is 22.0 Å². The van der Waals surface area contributed by atoms with Crippen LogP contribution in [0.15, 0.2) is 52.4 Å². The molecule has 2 aromatic heterocycles. The lowest BCUT2D eigenvalue weighted by Crippen LogP contribution is -2.10. The van der Waals surface area contributed by atoms with Crippen LogP contribution in [0, 0.1) is 0 Å². The van der Waals surface area contributed by atoms with Crippen LogP contribution < -0.4 is 0 Å². The van der Waals surface area contributed by atoms with Gasteiger partial charge in [-0.25, -0.2) is 18.1 Å². The van der Waals surface area contributed by atoms with Gasteiger partial charge >= 0.3 is 6.18 Å². The topological polar surface area (TPSA) is 64.8 Å². The highest BCUT2D eigenvalue weighted by atomic mass is 32.2. The summed E-state index contributed by atoms with van der Waals surface area (Å²) in [6, 6.07) is 9.81. The third kappa shape index (κ3) is 3.12. The van der Waals surface area contributed by atoms with Crippen molar-refractivity contribution in [1.82, 2.24) is 14.8 Å². The lowest BCUT2D eigenvalue weighted by Gasteiger charge is -2.18. The Bertz CT molecular complexity index is 1140. The van der Waals surface area contributed by atoms with Crippen molar-refractivity contribution < 1.29 is 21.6 Å². The molecule has 0 amide bonds. The van der Waals surface area contributed by atoms with E-state index in [1.54, 1.807) is 12.1 Å². The highest BCUT2D eigenvalue weighted by Gasteiger charge is 2.41. The van der Waals surface area contributed by atoms with Gasteiger partial charge in [-0.15, -0.1) is 11.8 Å². The number of hydrogen-bond acceptors (Lipinski definition) is 5. The van der Waals surface area contributed by atoms with Crippen molar-refractivity contribution in [2.45, 2.75) is 21.7 Å². The summed E-state index contributed by atoms with van der Waals surface area (Å²) in [6.07, 6.45) is -2.45. The summed E-state index contributed by atoms with van der Waals surface area (Å²) in [6.45, 7) is 0. The molecule has 0 N–H and O–H groups in total. The molecule has 0 radical (unpaired) electrons. The van der Waals surface area contributed by atoms with Crippen LogP contribution in [0.25, 0.3) is 17.1 Å². The Labute approximate surface area is 157 Å². The number of pyridine rings is 1. The van der Waals surface area contributed by atoms with E-state index in [2.05, 4.69) is 10.1 Å². The maximum absolute atomic E-state index is 13.5. The molecule has 10 heteroatoms. The quantitative estimate of drug-likeness (QED) is 0.639. The van der Waals surface area contributed by atoms with E-state index >= 15 is 0 Å². The summed E-state index contributed by atoms with van der Waals surface area (Å²) < 4.78 is 64.9. The zero-order valence-corrected chi connectivity index (χ0v) is 15.5. The van der Waals surface area contributed by atoms with Crippen molar-refractivity contribution in [3.05, 3.63) is 53.9 Å². The van der Waals surface area contributed by atoms with Crippen molar-refractivity contribution in [3.63, 3.8) is 0 Å². The normalized spacial score (nSPS) is 13.9. The van der Waals surface area contributed by atoms with Gasteiger partial charge in [-0.05, 0) is 18.2 Å². The number of nitrogens with zero attached hydrogens (tertiary/aromatic N) is 3. The van der Waals surface area contributed by atoms with Crippen LogP contribution in [0.3, 0.4) is 0 Å².